The minimum absolute atomic E-state index is 0.385. The van der Waals surface area contributed by atoms with Gasteiger partial charge in [0.05, 0.1) is 5.69 Å². The van der Waals surface area contributed by atoms with Crippen LogP contribution in [0.4, 0.5) is 5.69 Å². The summed E-state index contributed by atoms with van der Waals surface area (Å²) in [6, 6.07) is 0. The van der Waals surface area contributed by atoms with Gasteiger partial charge in [-0.25, -0.2) is 9.97 Å². The fourth-order valence-electron chi connectivity index (χ4n) is 0.845. The van der Waals surface area contributed by atoms with Gasteiger partial charge in [0.2, 0.25) is 0 Å². The van der Waals surface area contributed by atoms with Gasteiger partial charge in [0.25, 0.3) is 0 Å². The van der Waals surface area contributed by atoms with E-state index in [0.717, 1.165) is 5.69 Å². The monoisotopic (exact) mass is 209 g/mol. The number of aromatic nitrogens is 2. The molecular weight excluding hydrogens is 198 g/mol. The molecule has 0 radical (unpaired) electrons. The predicted molar refractivity (Wildman–Crippen MR) is 59.4 cm³/mol. The van der Waals surface area contributed by atoms with Crippen molar-refractivity contribution in [3.8, 4) is 0 Å². The number of aliphatic imine (C=N–C) groups is 1. The number of hydrogen-bond donors (Lipinski definition) is 0. The number of aryl methyl sites for hydroxylation is 1. The molecule has 1 aromatic heterocycles. The van der Waals surface area contributed by atoms with Crippen molar-refractivity contribution >= 4 is 23.5 Å². The molecule has 0 amide bonds. The summed E-state index contributed by atoms with van der Waals surface area (Å²) in [4.78, 5) is 12.1. The second-order valence-corrected chi connectivity index (χ2v) is 3.48. The summed E-state index contributed by atoms with van der Waals surface area (Å²) in [5, 5.41) is 0.385. The first-order valence-electron chi connectivity index (χ1n) is 4.26. The van der Waals surface area contributed by atoms with Crippen molar-refractivity contribution in [2.45, 2.75) is 20.8 Å². The van der Waals surface area contributed by atoms with Crippen LogP contribution in [0.2, 0.25) is 5.15 Å². The van der Waals surface area contributed by atoms with Crippen LogP contribution in [0.25, 0.3) is 0 Å². The molecule has 0 unspecified atom stereocenters. The van der Waals surface area contributed by atoms with Gasteiger partial charge in [-0.3, -0.25) is 4.99 Å². The smallest absolute Gasteiger partial charge is 0.158 e. The Balaban J connectivity index is 2.97. The van der Waals surface area contributed by atoms with E-state index in [2.05, 4.69) is 15.0 Å². The molecule has 0 aliphatic carbocycles. The van der Waals surface area contributed by atoms with Gasteiger partial charge >= 0.3 is 0 Å². The zero-order chi connectivity index (χ0) is 10.6. The highest BCUT2D eigenvalue weighted by Gasteiger charge is 2.02. The standard InChI is InChI=1S/C10H12ClN3/c1-7(2)4-5-12-9-8(3)13-6-14-10(9)11/h4-6H,1-3H3. The Hall–Kier alpha value is -1.22. The van der Waals surface area contributed by atoms with E-state index in [9.17, 15) is 0 Å². The van der Waals surface area contributed by atoms with E-state index in [4.69, 9.17) is 11.6 Å². The molecule has 0 fully saturated rings. The summed E-state index contributed by atoms with van der Waals surface area (Å²) >= 11 is 5.86. The topological polar surface area (TPSA) is 38.1 Å². The molecule has 0 atom stereocenters. The van der Waals surface area contributed by atoms with Crippen molar-refractivity contribution in [3.63, 3.8) is 0 Å². The Morgan fingerprint density at radius 2 is 2.14 bits per heavy atom. The molecule has 14 heavy (non-hydrogen) atoms. The van der Waals surface area contributed by atoms with E-state index in [1.165, 1.54) is 11.9 Å². The average molecular weight is 210 g/mol. The second-order valence-electron chi connectivity index (χ2n) is 3.12. The third-order valence-corrected chi connectivity index (χ3v) is 1.85. The molecule has 1 heterocycles. The fraction of sp³-hybridized carbons (Fsp3) is 0.300. The molecule has 0 bridgehead atoms. The molecule has 0 saturated carbocycles. The minimum Gasteiger partial charge on any atom is -0.252 e. The van der Waals surface area contributed by atoms with Crippen LogP contribution < -0.4 is 0 Å². The van der Waals surface area contributed by atoms with Gasteiger partial charge in [-0.2, -0.15) is 0 Å². The lowest BCUT2D eigenvalue weighted by molar-refractivity contribution is 1.09. The van der Waals surface area contributed by atoms with Crippen LogP contribution in [-0.2, 0) is 0 Å². The molecule has 74 valence electrons. The zero-order valence-electron chi connectivity index (χ0n) is 8.45. The van der Waals surface area contributed by atoms with Crippen LogP contribution in [0.1, 0.15) is 19.5 Å². The number of hydrogen-bond acceptors (Lipinski definition) is 3. The van der Waals surface area contributed by atoms with Crippen LogP contribution in [0.3, 0.4) is 0 Å². The van der Waals surface area contributed by atoms with E-state index >= 15 is 0 Å². The van der Waals surface area contributed by atoms with E-state index in [1.54, 1.807) is 6.21 Å². The van der Waals surface area contributed by atoms with Gasteiger partial charge in [0, 0.05) is 6.21 Å². The molecule has 0 N–H and O–H groups in total. The van der Waals surface area contributed by atoms with E-state index in [0.29, 0.717) is 10.8 Å². The summed E-state index contributed by atoms with van der Waals surface area (Å²) in [7, 11) is 0. The first kappa shape index (κ1) is 10.9. The van der Waals surface area contributed by atoms with E-state index in [-0.39, 0.29) is 0 Å². The zero-order valence-corrected chi connectivity index (χ0v) is 9.21. The summed E-state index contributed by atoms with van der Waals surface area (Å²) in [6.45, 7) is 5.85. The molecule has 4 heteroatoms. The summed E-state index contributed by atoms with van der Waals surface area (Å²) in [6.07, 6.45) is 5.03. The molecule has 3 nitrogen and oxygen atoms in total. The summed E-state index contributed by atoms with van der Waals surface area (Å²) < 4.78 is 0. The van der Waals surface area contributed by atoms with Crippen molar-refractivity contribution in [1.29, 1.82) is 0 Å². The number of halogens is 1. The van der Waals surface area contributed by atoms with Crippen LogP contribution in [0, 0.1) is 6.92 Å². The van der Waals surface area contributed by atoms with Crippen molar-refractivity contribution in [2.75, 3.05) is 0 Å². The third-order valence-electron chi connectivity index (χ3n) is 1.57. The second kappa shape index (κ2) is 4.86. The average Bonchev–Trinajstić information content (AvgIpc) is 2.09. The number of nitrogens with zero attached hydrogens (tertiary/aromatic N) is 3. The molecule has 0 aromatic carbocycles. The van der Waals surface area contributed by atoms with Crippen LogP contribution >= 0.6 is 11.6 Å². The van der Waals surface area contributed by atoms with Gasteiger partial charge < -0.3 is 0 Å². The SMILES string of the molecule is CC(C)=CC=Nc1c(C)ncnc1Cl. The van der Waals surface area contributed by atoms with Gasteiger partial charge in [-0.1, -0.05) is 17.2 Å². The third kappa shape index (κ3) is 2.92. The lowest BCUT2D eigenvalue weighted by atomic mass is 10.3. The highest BCUT2D eigenvalue weighted by molar-refractivity contribution is 6.31. The van der Waals surface area contributed by atoms with Gasteiger partial charge in [0.15, 0.2) is 5.15 Å². The summed E-state index contributed by atoms with van der Waals surface area (Å²) in [5.74, 6) is 0. The normalized spacial score (nSPS) is 10.6. The quantitative estimate of drug-likeness (QED) is 0.555. The number of allylic oxidation sites excluding steroid dienone is 2. The highest BCUT2D eigenvalue weighted by Crippen LogP contribution is 2.23. The van der Waals surface area contributed by atoms with Crippen LogP contribution in [0.15, 0.2) is 23.0 Å². The van der Waals surface area contributed by atoms with E-state index in [1.807, 2.05) is 26.8 Å². The largest absolute Gasteiger partial charge is 0.252 e. The maximum atomic E-state index is 5.86. The molecule has 1 aromatic rings. The number of rotatable bonds is 2. The molecule has 0 aliphatic rings. The van der Waals surface area contributed by atoms with Gasteiger partial charge in [-0.05, 0) is 26.8 Å². The Morgan fingerprint density at radius 3 is 2.71 bits per heavy atom. The van der Waals surface area contributed by atoms with Gasteiger partial charge in [0.1, 0.15) is 12.0 Å². The summed E-state index contributed by atoms with van der Waals surface area (Å²) in [5.41, 5.74) is 2.59. The van der Waals surface area contributed by atoms with Crippen molar-refractivity contribution in [1.82, 2.24) is 9.97 Å². The molecule has 0 aliphatic heterocycles. The molecule has 1 rings (SSSR count). The van der Waals surface area contributed by atoms with Crippen molar-refractivity contribution < 1.29 is 0 Å². The van der Waals surface area contributed by atoms with Crippen LogP contribution in [-0.4, -0.2) is 16.2 Å². The highest BCUT2D eigenvalue weighted by atomic mass is 35.5. The molecule has 0 saturated heterocycles. The Kier molecular flexibility index (Phi) is 3.77. The first-order chi connectivity index (χ1) is 6.61. The van der Waals surface area contributed by atoms with Crippen molar-refractivity contribution in [2.24, 2.45) is 4.99 Å². The maximum Gasteiger partial charge on any atom is 0.158 e. The predicted octanol–water partition coefficient (Wildman–Crippen LogP) is 3.11. The maximum absolute atomic E-state index is 5.86. The lowest BCUT2D eigenvalue weighted by Crippen LogP contribution is -1.85. The molecule has 0 spiro atoms. The Bertz CT molecular complexity index is 359. The Morgan fingerprint density at radius 1 is 1.43 bits per heavy atom. The molecular formula is C10H12ClN3. The van der Waals surface area contributed by atoms with E-state index < -0.39 is 0 Å². The first-order valence-corrected chi connectivity index (χ1v) is 4.63. The minimum atomic E-state index is 0.385. The fourth-order valence-corrected chi connectivity index (χ4v) is 1.07. The van der Waals surface area contributed by atoms with Crippen LogP contribution in [0.5, 0.6) is 0 Å². The van der Waals surface area contributed by atoms with Crippen molar-refractivity contribution in [3.05, 3.63) is 28.8 Å². The van der Waals surface area contributed by atoms with Gasteiger partial charge in [-0.15, -0.1) is 0 Å². The lowest BCUT2D eigenvalue weighted by Gasteiger charge is -1.98. The Labute approximate surface area is 88.6 Å².